The van der Waals surface area contributed by atoms with Crippen LogP contribution in [0, 0.1) is 0 Å². The number of anilines is 2. The highest BCUT2D eigenvalue weighted by molar-refractivity contribution is 5.96. The minimum atomic E-state index is -0.584. The molecule has 0 saturated carbocycles. The van der Waals surface area contributed by atoms with Crippen molar-refractivity contribution >= 4 is 29.3 Å². The fourth-order valence-electron chi connectivity index (χ4n) is 4.44. The van der Waals surface area contributed by atoms with Crippen molar-refractivity contribution in [2.45, 2.75) is 45.3 Å². The first-order valence-electron chi connectivity index (χ1n) is 12.8. The third kappa shape index (κ3) is 7.45. The van der Waals surface area contributed by atoms with Gasteiger partial charge in [-0.05, 0) is 82.1 Å². The molecule has 0 aliphatic carbocycles. The van der Waals surface area contributed by atoms with Crippen molar-refractivity contribution in [2.24, 2.45) is 0 Å². The van der Waals surface area contributed by atoms with E-state index < -0.39 is 11.7 Å². The first-order valence-corrected chi connectivity index (χ1v) is 12.8. The number of amides is 3. The molecule has 2 heterocycles. The molecule has 0 aromatic heterocycles. The molecule has 198 valence electrons. The Labute approximate surface area is 218 Å². The highest BCUT2D eigenvalue weighted by Crippen LogP contribution is 2.19. The molecule has 0 radical (unpaired) electrons. The van der Waals surface area contributed by atoms with E-state index in [4.69, 9.17) is 9.47 Å². The lowest BCUT2D eigenvalue weighted by Gasteiger charge is -2.32. The van der Waals surface area contributed by atoms with Crippen LogP contribution in [0.4, 0.5) is 16.2 Å². The van der Waals surface area contributed by atoms with E-state index in [2.05, 4.69) is 15.5 Å². The fourth-order valence-corrected chi connectivity index (χ4v) is 4.44. The van der Waals surface area contributed by atoms with Crippen LogP contribution in [0.5, 0.6) is 0 Å². The minimum absolute atomic E-state index is 0.0240. The predicted molar refractivity (Wildman–Crippen MR) is 142 cm³/mol. The summed E-state index contributed by atoms with van der Waals surface area (Å²) in [5, 5.41) is 5.78. The van der Waals surface area contributed by atoms with E-state index in [-0.39, 0.29) is 17.9 Å². The standard InChI is InChI=1S/C28H36N4O5/c1-28(2,3)37-27(35)30-22-8-4-21(5-9-22)26(34)32-14-12-23(13-15-32)29-25(33)20-6-10-24(11-7-20)31-16-18-36-19-17-31/h4-11,23H,12-19H2,1-3H3,(H,29,33)(H,30,35). The van der Waals surface area contributed by atoms with E-state index in [9.17, 15) is 14.4 Å². The molecule has 2 N–H and O–H groups in total. The minimum Gasteiger partial charge on any atom is -0.444 e. The molecule has 0 bridgehead atoms. The highest BCUT2D eigenvalue weighted by atomic mass is 16.6. The van der Waals surface area contributed by atoms with Gasteiger partial charge in [0.05, 0.1) is 13.2 Å². The van der Waals surface area contributed by atoms with Gasteiger partial charge in [0.15, 0.2) is 0 Å². The van der Waals surface area contributed by atoms with E-state index in [0.717, 1.165) is 32.0 Å². The molecule has 2 aliphatic heterocycles. The first kappa shape index (κ1) is 26.5. The molecule has 2 fully saturated rings. The number of benzene rings is 2. The number of nitrogens with one attached hydrogen (secondary N) is 2. The number of hydrogen-bond donors (Lipinski definition) is 2. The third-order valence-electron chi connectivity index (χ3n) is 6.40. The Bertz CT molecular complexity index is 1080. The van der Waals surface area contributed by atoms with Crippen LogP contribution < -0.4 is 15.5 Å². The molecule has 2 aliphatic rings. The predicted octanol–water partition coefficient (Wildman–Crippen LogP) is 3.90. The summed E-state index contributed by atoms with van der Waals surface area (Å²) in [5.74, 6) is -0.154. The van der Waals surface area contributed by atoms with Gasteiger partial charge in [-0.2, -0.15) is 0 Å². The summed E-state index contributed by atoms with van der Waals surface area (Å²) in [4.78, 5) is 41.7. The van der Waals surface area contributed by atoms with E-state index in [1.807, 2.05) is 24.3 Å². The Morgan fingerprint density at radius 2 is 1.46 bits per heavy atom. The van der Waals surface area contributed by atoms with Gasteiger partial charge in [0.1, 0.15) is 5.60 Å². The Morgan fingerprint density at radius 1 is 0.865 bits per heavy atom. The summed E-state index contributed by atoms with van der Waals surface area (Å²) in [6.07, 6.45) is 0.854. The van der Waals surface area contributed by atoms with Crippen molar-refractivity contribution in [3.8, 4) is 0 Å². The van der Waals surface area contributed by atoms with E-state index in [1.54, 1.807) is 49.9 Å². The van der Waals surface area contributed by atoms with Crippen LogP contribution in [0.1, 0.15) is 54.3 Å². The topological polar surface area (TPSA) is 100 Å². The lowest BCUT2D eigenvalue weighted by atomic mass is 10.0. The molecular weight excluding hydrogens is 472 g/mol. The van der Waals surface area contributed by atoms with Crippen molar-refractivity contribution in [3.63, 3.8) is 0 Å². The number of carbonyl (C=O) groups excluding carboxylic acids is 3. The van der Waals surface area contributed by atoms with Crippen LogP contribution in [0.3, 0.4) is 0 Å². The van der Waals surface area contributed by atoms with Crippen LogP contribution in [0.25, 0.3) is 0 Å². The number of hydrogen-bond acceptors (Lipinski definition) is 6. The molecule has 3 amide bonds. The number of piperidine rings is 1. The molecule has 4 rings (SSSR count). The first-order chi connectivity index (χ1) is 17.7. The zero-order valence-corrected chi connectivity index (χ0v) is 21.8. The lowest BCUT2D eigenvalue weighted by Crippen LogP contribution is -2.46. The fraction of sp³-hybridized carbons (Fsp3) is 0.464. The number of morpholine rings is 1. The Hall–Kier alpha value is -3.59. The maximum atomic E-state index is 12.9. The van der Waals surface area contributed by atoms with Crippen LogP contribution >= 0.6 is 0 Å². The molecule has 2 aromatic rings. The number of rotatable bonds is 5. The van der Waals surface area contributed by atoms with Gasteiger partial charge in [0.2, 0.25) is 0 Å². The molecule has 2 aromatic carbocycles. The summed E-state index contributed by atoms with van der Waals surface area (Å²) in [5.41, 5.74) is 2.26. The zero-order valence-electron chi connectivity index (χ0n) is 21.8. The number of carbonyl (C=O) groups is 3. The maximum absolute atomic E-state index is 12.9. The lowest BCUT2D eigenvalue weighted by molar-refractivity contribution is 0.0634. The summed E-state index contributed by atoms with van der Waals surface area (Å²) in [7, 11) is 0. The maximum Gasteiger partial charge on any atom is 0.412 e. The summed E-state index contributed by atoms with van der Waals surface area (Å²) in [6, 6.07) is 14.5. The number of nitrogens with zero attached hydrogens (tertiary/aromatic N) is 2. The molecule has 0 atom stereocenters. The van der Waals surface area contributed by atoms with Crippen molar-refractivity contribution in [2.75, 3.05) is 49.6 Å². The smallest absolute Gasteiger partial charge is 0.412 e. The third-order valence-corrected chi connectivity index (χ3v) is 6.40. The van der Waals surface area contributed by atoms with Crippen LogP contribution in [-0.4, -0.2) is 73.8 Å². The summed E-state index contributed by atoms with van der Waals surface area (Å²) >= 11 is 0. The normalized spacial score (nSPS) is 16.7. The van der Waals surface area contributed by atoms with E-state index >= 15 is 0 Å². The summed E-state index contributed by atoms with van der Waals surface area (Å²) in [6.45, 7) is 9.69. The van der Waals surface area contributed by atoms with Gasteiger partial charge >= 0.3 is 6.09 Å². The second-order valence-corrected chi connectivity index (χ2v) is 10.4. The second kappa shape index (κ2) is 11.6. The summed E-state index contributed by atoms with van der Waals surface area (Å²) < 4.78 is 10.6. The van der Waals surface area contributed by atoms with Gasteiger partial charge in [0, 0.05) is 54.7 Å². The Balaban J connectivity index is 1.23. The Morgan fingerprint density at radius 3 is 2.05 bits per heavy atom. The SMILES string of the molecule is CC(C)(C)OC(=O)Nc1ccc(C(=O)N2CCC(NC(=O)c3ccc(N4CCOCC4)cc3)CC2)cc1. The Kier molecular flexibility index (Phi) is 8.33. The monoisotopic (exact) mass is 508 g/mol. The zero-order chi connectivity index (χ0) is 26.4. The number of ether oxygens (including phenoxy) is 2. The van der Waals surface area contributed by atoms with Gasteiger partial charge in [0.25, 0.3) is 11.8 Å². The molecule has 2 saturated heterocycles. The van der Waals surface area contributed by atoms with Crippen molar-refractivity contribution in [1.82, 2.24) is 10.2 Å². The quantitative estimate of drug-likeness (QED) is 0.635. The number of likely N-dealkylation sites (tertiary alicyclic amines) is 1. The molecule has 9 nitrogen and oxygen atoms in total. The molecule has 0 unspecified atom stereocenters. The molecule has 9 heteroatoms. The van der Waals surface area contributed by atoms with Gasteiger partial charge in [-0.15, -0.1) is 0 Å². The molecule has 0 spiro atoms. The van der Waals surface area contributed by atoms with Crippen LogP contribution in [-0.2, 0) is 9.47 Å². The average molecular weight is 509 g/mol. The van der Waals surface area contributed by atoms with Gasteiger partial charge in [-0.1, -0.05) is 0 Å². The largest absolute Gasteiger partial charge is 0.444 e. The second-order valence-electron chi connectivity index (χ2n) is 10.4. The van der Waals surface area contributed by atoms with Crippen molar-refractivity contribution < 1.29 is 23.9 Å². The molecular formula is C28H36N4O5. The van der Waals surface area contributed by atoms with Gasteiger partial charge in [-0.3, -0.25) is 14.9 Å². The van der Waals surface area contributed by atoms with E-state index in [0.29, 0.717) is 42.7 Å². The van der Waals surface area contributed by atoms with Gasteiger partial charge < -0.3 is 24.6 Å². The van der Waals surface area contributed by atoms with E-state index in [1.165, 1.54) is 0 Å². The highest BCUT2D eigenvalue weighted by Gasteiger charge is 2.25. The van der Waals surface area contributed by atoms with Crippen molar-refractivity contribution in [3.05, 3.63) is 59.7 Å². The van der Waals surface area contributed by atoms with Crippen LogP contribution in [0.15, 0.2) is 48.5 Å². The van der Waals surface area contributed by atoms with Crippen LogP contribution in [0.2, 0.25) is 0 Å². The van der Waals surface area contributed by atoms with Crippen molar-refractivity contribution in [1.29, 1.82) is 0 Å². The average Bonchev–Trinajstić information content (AvgIpc) is 2.88. The molecule has 37 heavy (non-hydrogen) atoms. The van der Waals surface area contributed by atoms with Gasteiger partial charge in [-0.25, -0.2) is 4.79 Å².